The Hall–Kier alpha value is -3.12. The van der Waals surface area contributed by atoms with Crippen LogP contribution in [0.5, 0.6) is 5.75 Å². The van der Waals surface area contributed by atoms with E-state index >= 15 is 0 Å². The van der Waals surface area contributed by atoms with E-state index in [-0.39, 0.29) is 29.6 Å². The van der Waals surface area contributed by atoms with Gasteiger partial charge in [0.15, 0.2) is 0 Å². The summed E-state index contributed by atoms with van der Waals surface area (Å²) in [5, 5.41) is 23.4. The molecule has 0 bridgehead atoms. The smallest absolute Gasteiger partial charge is 0.342 e. The molecule has 1 heterocycles. The van der Waals surface area contributed by atoms with Gasteiger partial charge in [-0.15, -0.1) is 0 Å². The molecule has 1 amide bonds. The number of rotatable bonds is 6. The van der Waals surface area contributed by atoms with Crippen molar-refractivity contribution in [2.45, 2.75) is 58.2 Å². The number of carbonyl (C=O) groups is 2. The highest BCUT2D eigenvalue weighted by Gasteiger charge is 2.25. The van der Waals surface area contributed by atoms with Crippen LogP contribution in [0.25, 0.3) is 0 Å². The Balaban J connectivity index is 2.11. The van der Waals surface area contributed by atoms with Crippen molar-refractivity contribution in [2.24, 2.45) is 5.92 Å². The lowest BCUT2D eigenvalue weighted by Gasteiger charge is -2.24. The number of hydrogen-bond donors (Lipinski definition) is 3. The maximum atomic E-state index is 12.9. The molecule has 3 N–H and O–H groups in total. The van der Waals surface area contributed by atoms with Crippen molar-refractivity contribution in [1.29, 1.82) is 0 Å². The fourth-order valence-corrected chi connectivity index (χ4v) is 3.34. The number of ether oxygens (including phenoxy) is 1. The number of cyclic esters (lactones) is 1. The minimum absolute atomic E-state index is 0.000482. The molecule has 32 heavy (non-hydrogen) atoms. The van der Waals surface area contributed by atoms with Gasteiger partial charge in [0.1, 0.15) is 17.4 Å². The first-order valence-electron chi connectivity index (χ1n) is 11.1. The zero-order valence-electron chi connectivity index (χ0n) is 18.7. The molecule has 1 aliphatic heterocycles. The van der Waals surface area contributed by atoms with E-state index in [0.717, 1.165) is 6.42 Å². The van der Waals surface area contributed by atoms with Gasteiger partial charge in [0.05, 0.1) is 6.10 Å². The van der Waals surface area contributed by atoms with Crippen molar-refractivity contribution >= 4 is 11.9 Å². The zero-order chi connectivity index (χ0) is 23.3. The lowest BCUT2D eigenvalue weighted by Crippen LogP contribution is -2.28. The first kappa shape index (κ1) is 25.1. The van der Waals surface area contributed by atoms with Gasteiger partial charge in [-0.25, -0.2) is 4.79 Å². The largest absolute Gasteiger partial charge is 0.507 e. The number of aliphatic hydroxyl groups excluding tert-OH is 1. The van der Waals surface area contributed by atoms with Crippen LogP contribution >= 0.6 is 0 Å². The van der Waals surface area contributed by atoms with Gasteiger partial charge in [-0.05, 0) is 36.8 Å². The summed E-state index contributed by atoms with van der Waals surface area (Å²) in [5.74, 6) is -1.02. The Kier molecular flexibility index (Phi) is 10.5. The molecule has 2 rings (SSSR count). The van der Waals surface area contributed by atoms with Gasteiger partial charge in [-0.2, -0.15) is 0 Å². The first-order valence-corrected chi connectivity index (χ1v) is 11.1. The van der Waals surface area contributed by atoms with Gasteiger partial charge in [-0.3, -0.25) is 4.79 Å². The Morgan fingerprint density at radius 3 is 2.84 bits per heavy atom. The van der Waals surface area contributed by atoms with Crippen LogP contribution in [0.4, 0.5) is 0 Å². The molecule has 0 aliphatic carbocycles. The zero-order valence-corrected chi connectivity index (χ0v) is 18.7. The third kappa shape index (κ3) is 8.19. The van der Waals surface area contributed by atoms with E-state index in [0.29, 0.717) is 24.8 Å². The molecule has 3 atom stereocenters. The van der Waals surface area contributed by atoms with Gasteiger partial charge < -0.3 is 20.3 Å². The molecule has 1 aromatic carbocycles. The van der Waals surface area contributed by atoms with E-state index < -0.39 is 18.2 Å². The molecule has 6 nitrogen and oxygen atoms in total. The Morgan fingerprint density at radius 2 is 2.06 bits per heavy atom. The summed E-state index contributed by atoms with van der Waals surface area (Å²) in [5.41, 5.74) is 0.832. The molecule has 0 spiro atoms. The van der Waals surface area contributed by atoms with Crippen LogP contribution in [0.15, 0.2) is 66.9 Å². The van der Waals surface area contributed by atoms with Crippen molar-refractivity contribution in [2.75, 3.05) is 0 Å². The number of allylic oxidation sites excluding steroid dienone is 5. The van der Waals surface area contributed by atoms with E-state index in [1.54, 1.807) is 30.4 Å². The lowest BCUT2D eigenvalue weighted by atomic mass is 9.93. The highest BCUT2D eigenvalue weighted by Crippen LogP contribution is 2.26. The SMILES string of the molecule is CC/C=C\C=C/C(=O)N/C=C/C[C@@H]1C[C@@H](O)[C@H](C)C/C=C/Cc2cccc(O)c2C(=O)O1. The second kappa shape index (κ2) is 13.3. The van der Waals surface area contributed by atoms with Crippen molar-refractivity contribution in [1.82, 2.24) is 5.32 Å². The second-order valence-corrected chi connectivity index (χ2v) is 7.87. The molecule has 0 fully saturated rings. The molecule has 6 heteroatoms. The van der Waals surface area contributed by atoms with Crippen LogP contribution in [0, 0.1) is 5.92 Å². The molecule has 0 saturated heterocycles. The average molecular weight is 440 g/mol. The van der Waals surface area contributed by atoms with Crippen LogP contribution < -0.4 is 5.32 Å². The molecule has 1 aliphatic rings. The Labute approximate surface area is 190 Å². The summed E-state index contributed by atoms with van der Waals surface area (Å²) in [4.78, 5) is 24.6. The predicted molar refractivity (Wildman–Crippen MR) is 125 cm³/mol. The Morgan fingerprint density at radius 1 is 1.25 bits per heavy atom. The number of fused-ring (bicyclic) bond motifs is 1. The average Bonchev–Trinajstić information content (AvgIpc) is 2.76. The molecular formula is C26H33NO5. The Bertz CT molecular complexity index is 884. The van der Waals surface area contributed by atoms with Crippen LogP contribution in [0.3, 0.4) is 0 Å². The number of hydrogen-bond acceptors (Lipinski definition) is 5. The molecular weight excluding hydrogens is 406 g/mol. The number of phenols is 1. The highest BCUT2D eigenvalue weighted by atomic mass is 16.5. The quantitative estimate of drug-likeness (QED) is 0.265. The predicted octanol–water partition coefficient (Wildman–Crippen LogP) is 4.35. The van der Waals surface area contributed by atoms with Crippen LogP contribution in [-0.2, 0) is 16.0 Å². The third-order valence-corrected chi connectivity index (χ3v) is 5.25. The third-order valence-electron chi connectivity index (χ3n) is 5.25. The minimum atomic E-state index is -0.656. The fraction of sp³-hybridized carbons (Fsp3) is 0.385. The summed E-state index contributed by atoms with van der Waals surface area (Å²) >= 11 is 0. The maximum absolute atomic E-state index is 12.9. The van der Waals surface area contributed by atoms with E-state index in [1.165, 1.54) is 18.3 Å². The topological polar surface area (TPSA) is 95.9 Å². The summed E-state index contributed by atoms with van der Waals surface area (Å²) in [6.45, 7) is 3.96. The maximum Gasteiger partial charge on any atom is 0.342 e. The monoisotopic (exact) mass is 439 g/mol. The number of benzene rings is 1. The van der Waals surface area contributed by atoms with Gasteiger partial charge in [-0.1, -0.05) is 62.4 Å². The standard InChI is InChI=1S/C26H33NO5/c1-3-4-5-6-16-24(30)27-17-10-14-21-18-23(29)19(2)11-7-8-12-20-13-9-15-22(28)25(20)26(31)32-21/h4-10,13,15-17,19,21,23,28-29H,3,11-12,14,18H2,1-2H3,(H,27,30)/b5-4-,8-7+,16-6-,17-10+/t19-,21-,23-/m1/s1. The van der Waals surface area contributed by atoms with E-state index in [2.05, 4.69) is 5.32 Å². The number of esters is 1. The molecule has 0 radical (unpaired) electrons. The molecule has 0 unspecified atom stereocenters. The van der Waals surface area contributed by atoms with Crippen LogP contribution in [0.1, 0.15) is 55.5 Å². The first-order chi connectivity index (χ1) is 15.4. The molecule has 0 saturated carbocycles. The normalized spacial score (nSPS) is 23.5. The number of aliphatic hydroxyl groups is 1. The van der Waals surface area contributed by atoms with Crippen molar-refractivity contribution in [3.8, 4) is 5.75 Å². The minimum Gasteiger partial charge on any atom is -0.507 e. The van der Waals surface area contributed by atoms with Gasteiger partial charge in [0, 0.05) is 25.1 Å². The number of nitrogens with one attached hydrogen (secondary N) is 1. The number of carbonyl (C=O) groups excluding carboxylic acids is 2. The van der Waals surface area contributed by atoms with E-state index in [1.807, 2.05) is 32.1 Å². The van der Waals surface area contributed by atoms with Crippen molar-refractivity contribution in [3.05, 3.63) is 78.1 Å². The summed E-state index contributed by atoms with van der Waals surface area (Å²) in [7, 11) is 0. The van der Waals surface area contributed by atoms with Gasteiger partial charge in [0.25, 0.3) is 0 Å². The number of amides is 1. The van der Waals surface area contributed by atoms with E-state index in [9.17, 15) is 19.8 Å². The number of aromatic hydroxyl groups is 1. The molecule has 0 aromatic heterocycles. The summed E-state index contributed by atoms with van der Waals surface area (Å²) in [6.07, 6.45) is 15.3. The van der Waals surface area contributed by atoms with Gasteiger partial charge in [0.2, 0.25) is 5.91 Å². The van der Waals surface area contributed by atoms with Crippen molar-refractivity contribution < 1.29 is 24.5 Å². The number of phenolic OH excluding ortho intramolecular Hbond substituents is 1. The van der Waals surface area contributed by atoms with Crippen LogP contribution in [-0.4, -0.2) is 34.3 Å². The van der Waals surface area contributed by atoms with Crippen molar-refractivity contribution in [3.63, 3.8) is 0 Å². The van der Waals surface area contributed by atoms with Gasteiger partial charge >= 0.3 is 5.97 Å². The van der Waals surface area contributed by atoms with Crippen LogP contribution in [0.2, 0.25) is 0 Å². The second-order valence-electron chi connectivity index (χ2n) is 7.87. The summed E-state index contributed by atoms with van der Waals surface area (Å²) < 4.78 is 5.68. The molecule has 1 aromatic rings. The van der Waals surface area contributed by atoms with E-state index in [4.69, 9.17) is 4.74 Å². The lowest BCUT2D eigenvalue weighted by molar-refractivity contribution is -0.115. The summed E-state index contributed by atoms with van der Waals surface area (Å²) in [6, 6.07) is 4.95. The fourth-order valence-electron chi connectivity index (χ4n) is 3.34. The highest BCUT2D eigenvalue weighted by molar-refractivity contribution is 5.94. The molecule has 172 valence electrons.